The average molecular weight is 546 g/mol. The lowest BCUT2D eigenvalue weighted by Gasteiger charge is -2.28. The maximum atomic E-state index is 12.9. The molecule has 38 heavy (non-hydrogen) atoms. The number of halogens is 3. The molecule has 0 bridgehead atoms. The molecule has 13 heteroatoms. The van der Waals surface area contributed by atoms with Crippen molar-refractivity contribution < 1.29 is 32.2 Å². The van der Waals surface area contributed by atoms with Crippen molar-refractivity contribution in [3.8, 4) is 11.5 Å². The molecule has 1 unspecified atom stereocenters. The first-order chi connectivity index (χ1) is 18.2. The highest BCUT2D eigenvalue weighted by Gasteiger charge is 2.34. The number of amides is 2. The minimum Gasteiger partial charge on any atom is -0.493 e. The second-order valence-electron chi connectivity index (χ2n) is 7.98. The van der Waals surface area contributed by atoms with Crippen LogP contribution < -0.4 is 14.8 Å². The van der Waals surface area contributed by atoms with Crippen LogP contribution in [0.15, 0.2) is 66.2 Å². The topological polar surface area (TPSA) is 106 Å². The van der Waals surface area contributed by atoms with Crippen molar-refractivity contribution >= 4 is 34.3 Å². The first-order valence-corrected chi connectivity index (χ1v) is 12.2. The molecule has 4 rings (SSSR count). The summed E-state index contributed by atoms with van der Waals surface area (Å²) in [5.41, 5.74) is 2.24. The fourth-order valence-corrected chi connectivity index (χ4v) is 4.54. The van der Waals surface area contributed by atoms with Crippen LogP contribution in [0.3, 0.4) is 0 Å². The molecule has 0 spiro atoms. The zero-order valence-corrected chi connectivity index (χ0v) is 21.0. The number of methoxy groups -OCH3 is 1. The minimum absolute atomic E-state index is 0.0809. The third kappa shape index (κ3) is 6.59. The van der Waals surface area contributed by atoms with E-state index in [1.165, 1.54) is 42.8 Å². The number of thioether (sulfide) groups is 1. The average Bonchev–Trinajstić information content (AvgIpc) is 2.90. The highest BCUT2D eigenvalue weighted by Crippen LogP contribution is 2.36. The first-order valence-electron chi connectivity index (χ1n) is 11.3. The Morgan fingerprint density at radius 2 is 1.89 bits per heavy atom. The molecule has 0 fully saturated rings. The molecule has 3 aromatic rings. The normalized spacial score (nSPS) is 15.6. The van der Waals surface area contributed by atoms with Gasteiger partial charge in [0.15, 0.2) is 11.5 Å². The highest BCUT2D eigenvalue weighted by molar-refractivity contribution is 8.14. The number of benzene rings is 2. The van der Waals surface area contributed by atoms with Gasteiger partial charge in [0.1, 0.15) is 5.69 Å². The molecule has 0 aliphatic carbocycles. The van der Waals surface area contributed by atoms with E-state index in [1.54, 1.807) is 30.3 Å². The van der Waals surface area contributed by atoms with E-state index < -0.39 is 18.0 Å². The van der Waals surface area contributed by atoms with Gasteiger partial charge in [-0.2, -0.15) is 5.10 Å². The van der Waals surface area contributed by atoms with Crippen molar-refractivity contribution in [2.75, 3.05) is 12.4 Å². The summed E-state index contributed by atoms with van der Waals surface area (Å²) in [6, 6.07) is 11.0. The summed E-state index contributed by atoms with van der Waals surface area (Å²) in [7, 11) is 1.24. The SMILES string of the molecule is CCC1SC(=O)N(Cc2ccc(NC(=O)c3cnccn3)cc2)N=C1c1ccc(OC)c(OC(F)(F)F)c1. The predicted molar refractivity (Wildman–Crippen MR) is 135 cm³/mol. The van der Waals surface area contributed by atoms with Crippen LogP contribution in [-0.2, 0) is 6.54 Å². The number of alkyl halides is 3. The molecular formula is C25H22F3N5O4S. The van der Waals surface area contributed by atoms with E-state index in [2.05, 4.69) is 25.1 Å². The van der Waals surface area contributed by atoms with Gasteiger partial charge in [-0.15, -0.1) is 13.2 Å². The van der Waals surface area contributed by atoms with E-state index in [4.69, 9.17) is 4.74 Å². The number of aromatic nitrogens is 2. The zero-order chi connectivity index (χ0) is 27.3. The van der Waals surface area contributed by atoms with E-state index in [1.807, 2.05) is 6.92 Å². The van der Waals surface area contributed by atoms with Gasteiger partial charge in [0, 0.05) is 23.6 Å². The van der Waals surface area contributed by atoms with E-state index in [0.717, 1.165) is 17.3 Å². The number of hydrazone groups is 1. The number of rotatable bonds is 8. The van der Waals surface area contributed by atoms with Crippen molar-refractivity contribution in [2.45, 2.75) is 31.5 Å². The number of hydrogen-bond acceptors (Lipinski definition) is 8. The molecule has 9 nitrogen and oxygen atoms in total. The van der Waals surface area contributed by atoms with Gasteiger partial charge in [0.05, 0.1) is 30.8 Å². The highest BCUT2D eigenvalue weighted by atomic mass is 32.2. The van der Waals surface area contributed by atoms with Crippen molar-refractivity contribution in [3.63, 3.8) is 0 Å². The van der Waals surface area contributed by atoms with Gasteiger partial charge in [-0.3, -0.25) is 14.6 Å². The maximum absolute atomic E-state index is 12.9. The van der Waals surface area contributed by atoms with E-state index in [-0.39, 0.29) is 28.5 Å². The Bertz CT molecular complexity index is 1340. The third-order valence-electron chi connectivity index (χ3n) is 5.38. The molecule has 0 radical (unpaired) electrons. The Labute approximate surface area is 220 Å². The molecule has 1 aromatic heterocycles. The molecule has 1 N–H and O–H groups in total. The Hall–Kier alpha value is -4.13. The van der Waals surface area contributed by atoms with E-state index >= 15 is 0 Å². The predicted octanol–water partition coefficient (Wildman–Crippen LogP) is 5.49. The first kappa shape index (κ1) is 26.9. The molecule has 1 aliphatic heterocycles. The van der Waals surface area contributed by atoms with Crippen LogP contribution in [0.5, 0.6) is 11.5 Å². The number of carbonyl (C=O) groups is 2. The summed E-state index contributed by atoms with van der Waals surface area (Å²) in [4.78, 5) is 32.9. The summed E-state index contributed by atoms with van der Waals surface area (Å²) in [5.74, 6) is -0.994. The smallest absolute Gasteiger partial charge is 0.493 e. The number of ether oxygens (including phenoxy) is 2. The summed E-state index contributed by atoms with van der Waals surface area (Å²) >= 11 is 1.05. The van der Waals surface area contributed by atoms with Gasteiger partial charge in [-0.25, -0.2) is 9.99 Å². The molecule has 2 heterocycles. The largest absolute Gasteiger partial charge is 0.573 e. The van der Waals surface area contributed by atoms with Gasteiger partial charge >= 0.3 is 11.6 Å². The van der Waals surface area contributed by atoms with Crippen LogP contribution >= 0.6 is 11.8 Å². The Morgan fingerprint density at radius 1 is 1.13 bits per heavy atom. The molecule has 198 valence electrons. The molecular weight excluding hydrogens is 523 g/mol. The van der Waals surface area contributed by atoms with Gasteiger partial charge < -0.3 is 14.8 Å². The summed E-state index contributed by atoms with van der Waals surface area (Å²) < 4.78 is 47.9. The minimum atomic E-state index is -4.90. The Kier molecular flexibility index (Phi) is 8.15. The Morgan fingerprint density at radius 3 is 2.53 bits per heavy atom. The van der Waals surface area contributed by atoms with Crippen LogP contribution in [0.2, 0.25) is 0 Å². The molecule has 0 saturated carbocycles. The van der Waals surface area contributed by atoms with Gasteiger partial charge in [0.2, 0.25) is 0 Å². The lowest BCUT2D eigenvalue weighted by Crippen LogP contribution is -2.34. The van der Waals surface area contributed by atoms with Crippen LogP contribution in [0.25, 0.3) is 0 Å². The van der Waals surface area contributed by atoms with E-state index in [9.17, 15) is 22.8 Å². The summed E-state index contributed by atoms with van der Waals surface area (Å²) in [6.45, 7) is 1.98. The number of hydrogen-bond donors (Lipinski definition) is 1. The van der Waals surface area contributed by atoms with Gasteiger partial charge in [0.25, 0.3) is 5.91 Å². The van der Waals surface area contributed by atoms with Crippen LogP contribution in [0, 0.1) is 0 Å². The van der Waals surface area contributed by atoms with Crippen LogP contribution in [-0.4, -0.2) is 50.6 Å². The zero-order valence-electron chi connectivity index (χ0n) is 20.2. The number of anilines is 1. The van der Waals surface area contributed by atoms with Gasteiger partial charge in [-0.05, 0) is 42.3 Å². The van der Waals surface area contributed by atoms with Crippen molar-refractivity contribution in [1.82, 2.24) is 15.0 Å². The third-order valence-corrected chi connectivity index (χ3v) is 6.64. The van der Waals surface area contributed by atoms with Crippen molar-refractivity contribution in [2.24, 2.45) is 5.10 Å². The summed E-state index contributed by atoms with van der Waals surface area (Å²) in [6.07, 6.45) is -0.137. The quantitative estimate of drug-likeness (QED) is 0.399. The lowest BCUT2D eigenvalue weighted by atomic mass is 10.0. The molecule has 1 atom stereocenters. The maximum Gasteiger partial charge on any atom is 0.573 e. The molecule has 1 aliphatic rings. The van der Waals surface area contributed by atoms with Crippen LogP contribution in [0.1, 0.15) is 35.0 Å². The fraction of sp³-hybridized carbons (Fsp3) is 0.240. The second kappa shape index (κ2) is 11.5. The summed E-state index contributed by atoms with van der Waals surface area (Å²) in [5, 5.41) is 7.83. The Balaban J connectivity index is 1.54. The van der Waals surface area contributed by atoms with Gasteiger partial charge in [-0.1, -0.05) is 30.8 Å². The molecule has 2 amide bonds. The molecule has 0 saturated heterocycles. The molecule has 2 aromatic carbocycles. The number of nitrogens with zero attached hydrogens (tertiary/aromatic N) is 4. The second-order valence-corrected chi connectivity index (χ2v) is 9.13. The standard InChI is InChI=1S/C25H22F3N5O4S/c1-3-21-22(16-6-9-19(36-2)20(12-16)37-25(26,27)28)32-33(24(35)38-21)14-15-4-7-17(8-5-15)31-23(34)18-13-29-10-11-30-18/h4-13,21H,3,14H2,1-2H3,(H,31,34). The monoisotopic (exact) mass is 545 g/mol. The van der Waals surface area contributed by atoms with Crippen molar-refractivity contribution in [1.29, 1.82) is 0 Å². The van der Waals surface area contributed by atoms with Crippen molar-refractivity contribution in [3.05, 3.63) is 77.9 Å². The number of nitrogens with one attached hydrogen (secondary N) is 1. The number of carbonyl (C=O) groups excluding carboxylic acids is 2. The van der Waals surface area contributed by atoms with E-state index in [0.29, 0.717) is 23.4 Å². The lowest BCUT2D eigenvalue weighted by molar-refractivity contribution is -0.275. The fourth-order valence-electron chi connectivity index (χ4n) is 3.61. The van der Waals surface area contributed by atoms with Crippen LogP contribution in [0.4, 0.5) is 23.7 Å².